The first-order chi connectivity index (χ1) is 10.1. The summed E-state index contributed by atoms with van der Waals surface area (Å²) in [6.45, 7) is 3.69. The Labute approximate surface area is 126 Å². The van der Waals surface area contributed by atoms with Crippen LogP contribution in [-0.4, -0.2) is 44.7 Å². The molecule has 0 unspecified atom stereocenters. The van der Waals surface area contributed by atoms with Gasteiger partial charge in [-0.3, -0.25) is 5.41 Å². The maximum atomic E-state index is 7.63. The average molecular weight is 291 g/mol. The van der Waals surface area contributed by atoms with Crippen molar-refractivity contribution in [1.82, 2.24) is 4.90 Å². The maximum Gasteiger partial charge on any atom is 0.129 e. The van der Waals surface area contributed by atoms with Gasteiger partial charge < -0.3 is 20.1 Å². The lowest BCUT2D eigenvalue weighted by molar-refractivity contribution is 0.0549. The molecule has 1 heterocycles. The Kier molecular flexibility index (Phi) is 5.59. The van der Waals surface area contributed by atoms with Crippen molar-refractivity contribution in [3.63, 3.8) is 0 Å². The first-order valence-electron chi connectivity index (χ1n) is 7.37. The minimum Gasteiger partial charge on any atom is -0.496 e. The van der Waals surface area contributed by atoms with Crippen LogP contribution < -0.4 is 10.5 Å². The van der Waals surface area contributed by atoms with Crippen molar-refractivity contribution in [2.45, 2.75) is 19.4 Å². The molecule has 5 heteroatoms. The minimum absolute atomic E-state index is 0.0424. The van der Waals surface area contributed by atoms with E-state index in [1.807, 2.05) is 18.2 Å². The second-order valence-electron chi connectivity index (χ2n) is 5.70. The van der Waals surface area contributed by atoms with Gasteiger partial charge in [-0.25, -0.2) is 0 Å². The summed E-state index contributed by atoms with van der Waals surface area (Å²) in [5.74, 6) is 1.41. The van der Waals surface area contributed by atoms with E-state index >= 15 is 0 Å². The maximum absolute atomic E-state index is 7.63. The smallest absolute Gasteiger partial charge is 0.129 e. The van der Waals surface area contributed by atoms with E-state index in [4.69, 9.17) is 20.6 Å². The molecular formula is C16H25N3O2. The predicted molar refractivity (Wildman–Crippen MR) is 83.9 cm³/mol. The van der Waals surface area contributed by atoms with E-state index in [1.54, 1.807) is 7.11 Å². The lowest BCUT2D eigenvalue weighted by atomic mass is 9.99. The van der Waals surface area contributed by atoms with Gasteiger partial charge in [-0.05, 0) is 43.5 Å². The summed E-state index contributed by atoms with van der Waals surface area (Å²) >= 11 is 0. The number of nitrogens with two attached hydrogens (primary N) is 1. The van der Waals surface area contributed by atoms with E-state index in [1.165, 1.54) is 0 Å². The lowest BCUT2D eigenvalue weighted by Crippen LogP contribution is -2.29. The van der Waals surface area contributed by atoms with Crippen LogP contribution in [0.15, 0.2) is 18.2 Å². The number of hydrogen-bond acceptors (Lipinski definition) is 4. The Bertz CT molecular complexity index is 484. The van der Waals surface area contributed by atoms with E-state index in [9.17, 15) is 0 Å². The molecule has 2 rings (SSSR count). The van der Waals surface area contributed by atoms with Crippen LogP contribution in [0.25, 0.3) is 0 Å². The summed E-state index contributed by atoms with van der Waals surface area (Å²) in [6.07, 6.45) is 2.29. The Balaban J connectivity index is 1.98. The van der Waals surface area contributed by atoms with Crippen LogP contribution >= 0.6 is 0 Å². The van der Waals surface area contributed by atoms with Gasteiger partial charge in [0.1, 0.15) is 11.6 Å². The third kappa shape index (κ3) is 4.44. The average Bonchev–Trinajstić information content (AvgIpc) is 2.48. The first kappa shape index (κ1) is 15.8. The van der Waals surface area contributed by atoms with Crippen LogP contribution in [0.1, 0.15) is 24.0 Å². The van der Waals surface area contributed by atoms with E-state index in [0.29, 0.717) is 17.2 Å². The van der Waals surface area contributed by atoms with Gasteiger partial charge in [0.2, 0.25) is 0 Å². The topological polar surface area (TPSA) is 71.6 Å². The number of ether oxygens (including phenoxy) is 2. The Morgan fingerprint density at radius 3 is 2.76 bits per heavy atom. The first-order valence-corrected chi connectivity index (χ1v) is 7.37. The molecular weight excluding hydrogens is 266 g/mol. The molecule has 3 N–H and O–H groups in total. The predicted octanol–water partition coefficient (Wildman–Crippen LogP) is 1.84. The van der Waals surface area contributed by atoms with Crippen molar-refractivity contribution in [1.29, 1.82) is 5.41 Å². The third-order valence-corrected chi connectivity index (χ3v) is 3.92. The van der Waals surface area contributed by atoms with Gasteiger partial charge in [-0.15, -0.1) is 0 Å². The number of nitrogens with zero attached hydrogens (tertiary/aromatic N) is 1. The van der Waals surface area contributed by atoms with Crippen molar-refractivity contribution in [3.05, 3.63) is 29.3 Å². The monoisotopic (exact) mass is 291 g/mol. The highest BCUT2D eigenvalue weighted by Gasteiger charge is 2.16. The molecule has 1 aliphatic rings. The number of benzene rings is 1. The van der Waals surface area contributed by atoms with Crippen molar-refractivity contribution < 1.29 is 9.47 Å². The van der Waals surface area contributed by atoms with Gasteiger partial charge >= 0.3 is 0 Å². The fourth-order valence-corrected chi connectivity index (χ4v) is 2.81. The van der Waals surface area contributed by atoms with Crippen LogP contribution in [0, 0.1) is 11.3 Å². The molecule has 1 fully saturated rings. The molecule has 1 saturated heterocycles. The number of hydrogen-bond donors (Lipinski definition) is 2. The van der Waals surface area contributed by atoms with Crippen LogP contribution in [0.2, 0.25) is 0 Å². The third-order valence-electron chi connectivity index (χ3n) is 3.92. The van der Waals surface area contributed by atoms with Crippen LogP contribution in [-0.2, 0) is 11.3 Å². The number of amidine groups is 1. The molecule has 0 bridgehead atoms. The summed E-state index contributed by atoms with van der Waals surface area (Å²) in [4.78, 5) is 2.32. The van der Waals surface area contributed by atoms with Gasteiger partial charge in [0.05, 0.1) is 12.7 Å². The highest BCUT2D eigenvalue weighted by molar-refractivity contribution is 5.97. The zero-order valence-electron chi connectivity index (χ0n) is 12.9. The Morgan fingerprint density at radius 1 is 1.43 bits per heavy atom. The molecule has 0 aromatic heterocycles. The molecule has 0 aliphatic carbocycles. The fourth-order valence-electron chi connectivity index (χ4n) is 2.81. The SMILES string of the molecule is COc1ccc(CN(C)CC2CCOCC2)cc1C(=N)N. The highest BCUT2D eigenvalue weighted by Crippen LogP contribution is 2.21. The van der Waals surface area contributed by atoms with E-state index in [-0.39, 0.29) is 5.84 Å². The van der Waals surface area contributed by atoms with Gasteiger partial charge in [0, 0.05) is 26.3 Å². The molecule has 5 nitrogen and oxygen atoms in total. The zero-order chi connectivity index (χ0) is 15.2. The van der Waals surface area contributed by atoms with Crippen molar-refractivity contribution in [3.8, 4) is 5.75 Å². The number of rotatable bonds is 6. The van der Waals surface area contributed by atoms with Crippen LogP contribution in [0.3, 0.4) is 0 Å². The second kappa shape index (κ2) is 7.43. The molecule has 0 atom stereocenters. The number of methoxy groups -OCH3 is 1. The largest absolute Gasteiger partial charge is 0.496 e. The summed E-state index contributed by atoms with van der Waals surface area (Å²) in [6, 6.07) is 5.86. The lowest BCUT2D eigenvalue weighted by Gasteiger charge is -2.27. The Morgan fingerprint density at radius 2 is 2.14 bits per heavy atom. The van der Waals surface area contributed by atoms with Gasteiger partial charge in [0.25, 0.3) is 0 Å². The second-order valence-corrected chi connectivity index (χ2v) is 5.70. The molecule has 0 radical (unpaired) electrons. The van der Waals surface area contributed by atoms with E-state index in [0.717, 1.165) is 44.7 Å². The summed E-state index contributed by atoms with van der Waals surface area (Å²) in [5.41, 5.74) is 7.43. The molecule has 116 valence electrons. The quantitative estimate of drug-likeness (QED) is 0.619. The standard InChI is InChI=1S/C16H25N3O2/c1-19(10-12-5-7-21-8-6-12)11-13-3-4-15(20-2)14(9-13)16(17)18/h3-4,9,12H,5-8,10-11H2,1-2H3,(H3,17,18). The molecule has 0 spiro atoms. The van der Waals surface area contributed by atoms with Crippen molar-refractivity contribution in [2.75, 3.05) is 33.9 Å². The Hall–Kier alpha value is -1.59. The van der Waals surface area contributed by atoms with E-state index < -0.39 is 0 Å². The fraction of sp³-hybridized carbons (Fsp3) is 0.562. The molecule has 1 aromatic carbocycles. The molecule has 1 aliphatic heterocycles. The highest BCUT2D eigenvalue weighted by atomic mass is 16.5. The van der Waals surface area contributed by atoms with Crippen molar-refractivity contribution in [2.24, 2.45) is 11.7 Å². The van der Waals surface area contributed by atoms with Crippen LogP contribution in [0.4, 0.5) is 0 Å². The van der Waals surface area contributed by atoms with Gasteiger partial charge in [0.15, 0.2) is 0 Å². The molecule has 0 amide bonds. The van der Waals surface area contributed by atoms with E-state index in [2.05, 4.69) is 11.9 Å². The molecule has 21 heavy (non-hydrogen) atoms. The van der Waals surface area contributed by atoms with Crippen LogP contribution in [0.5, 0.6) is 5.75 Å². The summed E-state index contributed by atoms with van der Waals surface area (Å²) in [5, 5.41) is 7.63. The number of nitrogen functional groups attached to an aromatic ring is 1. The summed E-state index contributed by atoms with van der Waals surface area (Å²) in [7, 11) is 3.73. The normalized spacial score (nSPS) is 16.1. The molecule has 1 aromatic rings. The minimum atomic E-state index is 0.0424. The van der Waals surface area contributed by atoms with Gasteiger partial charge in [-0.1, -0.05) is 6.07 Å². The van der Waals surface area contributed by atoms with Crippen molar-refractivity contribution >= 4 is 5.84 Å². The van der Waals surface area contributed by atoms with Gasteiger partial charge in [-0.2, -0.15) is 0 Å². The summed E-state index contributed by atoms with van der Waals surface area (Å²) < 4.78 is 10.6. The zero-order valence-corrected chi connectivity index (χ0v) is 12.9. The number of nitrogens with one attached hydrogen (secondary N) is 1. The molecule has 0 saturated carbocycles.